The number of aliphatic hydroxyl groups is 1. The van der Waals surface area contributed by atoms with Gasteiger partial charge in [-0.3, -0.25) is 0 Å². The Morgan fingerprint density at radius 1 is 1.40 bits per heavy atom. The topological polar surface area (TPSA) is 60.2 Å². The Morgan fingerprint density at radius 2 is 2.20 bits per heavy atom. The SMILES string of the molecule is CC(C)Cn1ncnc1COc1c(F)cccc1CO. The van der Waals surface area contributed by atoms with Crippen LogP contribution in [-0.4, -0.2) is 19.9 Å². The molecule has 6 heteroatoms. The van der Waals surface area contributed by atoms with Crippen molar-refractivity contribution >= 4 is 0 Å². The van der Waals surface area contributed by atoms with Crippen molar-refractivity contribution in [3.8, 4) is 5.75 Å². The Labute approximate surface area is 117 Å². The summed E-state index contributed by atoms with van der Waals surface area (Å²) in [6, 6.07) is 4.46. The van der Waals surface area contributed by atoms with Gasteiger partial charge in [-0.05, 0) is 12.0 Å². The largest absolute Gasteiger partial charge is 0.482 e. The minimum atomic E-state index is -0.494. The molecule has 0 spiro atoms. The van der Waals surface area contributed by atoms with Crippen molar-refractivity contribution in [3.05, 3.63) is 41.7 Å². The van der Waals surface area contributed by atoms with Crippen molar-refractivity contribution < 1.29 is 14.2 Å². The lowest BCUT2D eigenvalue weighted by Crippen LogP contribution is -2.13. The molecule has 0 bridgehead atoms. The molecule has 0 unspecified atom stereocenters. The summed E-state index contributed by atoms with van der Waals surface area (Å²) in [5.74, 6) is 0.628. The zero-order chi connectivity index (χ0) is 14.5. The van der Waals surface area contributed by atoms with Crippen molar-refractivity contribution in [2.45, 2.75) is 33.6 Å². The van der Waals surface area contributed by atoms with Gasteiger partial charge < -0.3 is 9.84 Å². The summed E-state index contributed by atoms with van der Waals surface area (Å²) >= 11 is 0. The molecule has 2 aromatic rings. The number of aliphatic hydroxyl groups excluding tert-OH is 1. The molecular weight excluding hydrogens is 261 g/mol. The highest BCUT2D eigenvalue weighted by Gasteiger charge is 2.12. The fourth-order valence-corrected chi connectivity index (χ4v) is 1.87. The quantitative estimate of drug-likeness (QED) is 0.880. The van der Waals surface area contributed by atoms with Crippen molar-refractivity contribution in [3.63, 3.8) is 0 Å². The number of halogens is 1. The van der Waals surface area contributed by atoms with Gasteiger partial charge in [0.25, 0.3) is 0 Å². The van der Waals surface area contributed by atoms with Gasteiger partial charge in [-0.25, -0.2) is 14.1 Å². The van der Waals surface area contributed by atoms with Crippen LogP contribution >= 0.6 is 0 Å². The molecule has 0 radical (unpaired) electrons. The third-order valence-corrected chi connectivity index (χ3v) is 2.80. The average molecular weight is 279 g/mol. The van der Waals surface area contributed by atoms with E-state index < -0.39 is 5.82 Å². The number of benzene rings is 1. The Bertz CT molecular complexity index is 569. The second-order valence-corrected chi connectivity index (χ2v) is 4.93. The number of nitrogens with zero attached hydrogens (tertiary/aromatic N) is 3. The van der Waals surface area contributed by atoms with Crippen molar-refractivity contribution in [1.82, 2.24) is 14.8 Å². The molecular formula is C14H18FN3O2. The Kier molecular flexibility index (Phi) is 4.68. The van der Waals surface area contributed by atoms with Crippen molar-refractivity contribution in [1.29, 1.82) is 0 Å². The number of hydrogen-bond acceptors (Lipinski definition) is 4. The molecule has 1 N–H and O–H groups in total. The van der Waals surface area contributed by atoms with Crippen LogP contribution in [0.25, 0.3) is 0 Å². The number of ether oxygens (including phenoxy) is 1. The maximum Gasteiger partial charge on any atom is 0.165 e. The first-order valence-corrected chi connectivity index (χ1v) is 6.49. The molecule has 0 fully saturated rings. The van der Waals surface area contributed by atoms with Crippen LogP contribution in [0.4, 0.5) is 4.39 Å². The lowest BCUT2D eigenvalue weighted by molar-refractivity contribution is 0.242. The number of hydrogen-bond donors (Lipinski definition) is 1. The standard InChI is InChI=1S/C14H18FN3O2/c1-10(2)6-18-13(16-9-17-18)8-20-14-11(7-19)4-3-5-12(14)15/h3-5,9-10,19H,6-8H2,1-2H3. The average Bonchev–Trinajstić information content (AvgIpc) is 2.83. The van der Waals surface area contributed by atoms with Crippen LogP contribution in [0.1, 0.15) is 25.2 Å². The first-order valence-electron chi connectivity index (χ1n) is 6.49. The number of para-hydroxylation sites is 1. The first kappa shape index (κ1) is 14.5. The molecule has 1 aromatic carbocycles. The van der Waals surface area contributed by atoms with E-state index in [0.717, 1.165) is 6.54 Å². The Morgan fingerprint density at radius 3 is 2.90 bits per heavy atom. The van der Waals surface area contributed by atoms with Gasteiger partial charge in [0, 0.05) is 12.1 Å². The molecule has 2 rings (SSSR count). The van der Waals surface area contributed by atoms with Gasteiger partial charge in [0.1, 0.15) is 12.9 Å². The Balaban J connectivity index is 2.11. The van der Waals surface area contributed by atoms with Crippen LogP contribution < -0.4 is 4.74 Å². The van der Waals surface area contributed by atoms with Gasteiger partial charge in [0.2, 0.25) is 0 Å². The van der Waals surface area contributed by atoms with E-state index in [-0.39, 0.29) is 19.0 Å². The maximum absolute atomic E-state index is 13.7. The minimum Gasteiger partial charge on any atom is -0.482 e. The van der Waals surface area contributed by atoms with E-state index in [0.29, 0.717) is 17.3 Å². The summed E-state index contributed by atoms with van der Waals surface area (Å²) in [5.41, 5.74) is 0.417. The summed E-state index contributed by atoms with van der Waals surface area (Å²) in [6.07, 6.45) is 1.45. The molecule has 0 amide bonds. The smallest absolute Gasteiger partial charge is 0.165 e. The van der Waals surface area contributed by atoms with Crippen molar-refractivity contribution in [2.24, 2.45) is 5.92 Å². The predicted octanol–water partition coefficient (Wildman–Crippen LogP) is 2.14. The predicted molar refractivity (Wildman–Crippen MR) is 71.5 cm³/mol. The van der Waals surface area contributed by atoms with E-state index >= 15 is 0 Å². The molecule has 1 aromatic heterocycles. The van der Waals surface area contributed by atoms with E-state index in [2.05, 4.69) is 23.9 Å². The van der Waals surface area contributed by atoms with Crippen LogP contribution in [0.2, 0.25) is 0 Å². The third kappa shape index (κ3) is 3.33. The van der Waals surface area contributed by atoms with Gasteiger partial charge in [-0.1, -0.05) is 26.0 Å². The van der Waals surface area contributed by atoms with Crippen molar-refractivity contribution in [2.75, 3.05) is 0 Å². The van der Waals surface area contributed by atoms with Gasteiger partial charge in [-0.15, -0.1) is 0 Å². The maximum atomic E-state index is 13.7. The van der Waals surface area contributed by atoms with Gasteiger partial charge in [0.15, 0.2) is 17.4 Å². The zero-order valence-corrected chi connectivity index (χ0v) is 11.6. The molecule has 20 heavy (non-hydrogen) atoms. The van der Waals surface area contributed by atoms with E-state index in [9.17, 15) is 9.50 Å². The number of rotatable bonds is 6. The van der Waals surface area contributed by atoms with E-state index in [1.165, 1.54) is 18.5 Å². The number of aromatic nitrogens is 3. The second-order valence-electron chi connectivity index (χ2n) is 4.93. The molecule has 108 valence electrons. The molecule has 0 atom stereocenters. The lowest BCUT2D eigenvalue weighted by atomic mass is 10.2. The molecule has 0 aliphatic rings. The minimum absolute atomic E-state index is 0.0640. The molecule has 0 saturated carbocycles. The zero-order valence-electron chi connectivity index (χ0n) is 11.6. The molecule has 0 aliphatic heterocycles. The summed E-state index contributed by atoms with van der Waals surface area (Å²) in [7, 11) is 0. The highest BCUT2D eigenvalue weighted by molar-refractivity contribution is 5.34. The second kappa shape index (κ2) is 6.47. The fourth-order valence-electron chi connectivity index (χ4n) is 1.87. The molecule has 1 heterocycles. The summed E-state index contributed by atoms with van der Waals surface area (Å²) in [5, 5.41) is 13.3. The monoisotopic (exact) mass is 279 g/mol. The van der Waals surface area contributed by atoms with Crippen LogP contribution in [0.15, 0.2) is 24.5 Å². The van der Waals surface area contributed by atoms with Crippen LogP contribution in [0.3, 0.4) is 0 Å². The van der Waals surface area contributed by atoms with Crippen LogP contribution in [0, 0.1) is 11.7 Å². The van der Waals surface area contributed by atoms with Gasteiger partial charge in [-0.2, -0.15) is 5.10 Å². The molecule has 0 aliphatic carbocycles. The fraction of sp³-hybridized carbons (Fsp3) is 0.429. The summed E-state index contributed by atoms with van der Waals surface area (Å²) < 4.78 is 20.9. The lowest BCUT2D eigenvalue weighted by Gasteiger charge is -2.12. The van der Waals surface area contributed by atoms with E-state index in [1.807, 2.05) is 0 Å². The highest BCUT2D eigenvalue weighted by atomic mass is 19.1. The Hall–Kier alpha value is -1.95. The van der Waals surface area contributed by atoms with Crippen LogP contribution in [0.5, 0.6) is 5.75 Å². The van der Waals surface area contributed by atoms with Gasteiger partial charge in [0.05, 0.1) is 6.61 Å². The summed E-state index contributed by atoms with van der Waals surface area (Å²) in [6.45, 7) is 4.72. The summed E-state index contributed by atoms with van der Waals surface area (Å²) in [4.78, 5) is 4.11. The van der Waals surface area contributed by atoms with Crippen LogP contribution in [-0.2, 0) is 19.8 Å². The first-order chi connectivity index (χ1) is 9.61. The highest BCUT2D eigenvalue weighted by Crippen LogP contribution is 2.23. The molecule has 5 nitrogen and oxygen atoms in total. The van der Waals surface area contributed by atoms with E-state index in [1.54, 1.807) is 10.7 Å². The third-order valence-electron chi connectivity index (χ3n) is 2.80. The normalized spacial score (nSPS) is 11.1. The van der Waals surface area contributed by atoms with Gasteiger partial charge >= 0.3 is 0 Å². The van der Waals surface area contributed by atoms with E-state index in [4.69, 9.17) is 4.74 Å². The molecule has 0 saturated heterocycles.